The summed E-state index contributed by atoms with van der Waals surface area (Å²) in [6, 6.07) is 5.24. The monoisotopic (exact) mass is 472 g/mol. The number of hydrogen-bond acceptors (Lipinski definition) is 8. The highest BCUT2D eigenvalue weighted by atomic mass is 35.5. The lowest BCUT2D eigenvalue weighted by Gasteiger charge is -2.11. The highest BCUT2D eigenvalue weighted by Gasteiger charge is 2.18. The zero-order valence-electron chi connectivity index (χ0n) is 16.8. The van der Waals surface area contributed by atoms with Crippen molar-refractivity contribution in [3.05, 3.63) is 53.0 Å². The molecule has 1 N–H and O–H groups in total. The fourth-order valence-electron chi connectivity index (χ4n) is 2.85. The quantitative estimate of drug-likeness (QED) is 0.360. The second kappa shape index (κ2) is 9.55. The molecule has 3 heterocycles. The normalized spacial score (nSPS) is 10.8. The van der Waals surface area contributed by atoms with Gasteiger partial charge < -0.3 is 10.1 Å². The molecule has 0 aliphatic rings. The van der Waals surface area contributed by atoms with Crippen LogP contribution < -0.4 is 10.1 Å². The lowest BCUT2D eigenvalue weighted by Crippen LogP contribution is -1.98. The molecule has 158 valence electrons. The van der Waals surface area contributed by atoms with E-state index in [1.54, 1.807) is 44.0 Å². The van der Waals surface area contributed by atoms with Crippen LogP contribution in [0.5, 0.6) is 5.75 Å². The van der Waals surface area contributed by atoms with Crippen LogP contribution >= 0.6 is 34.5 Å². The summed E-state index contributed by atoms with van der Waals surface area (Å²) in [5.74, 6) is 0.983. The predicted molar refractivity (Wildman–Crippen MR) is 125 cm³/mol. The van der Waals surface area contributed by atoms with Crippen LogP contribution in [0.3, 0.4) is 0 Å². The molecule has 0 radical (unpaired) electrons. The van der Waals surface area contributed by atoms with Crippen molar-refractivity contribution in [1.29, 1.82) is 0 Å². The van der Waals surface area contributed by atoms with Gasteiger partial charge in [0.15, 0.2) is 11.0 Å². The molecule has 0 atom stereocenters. The van der Waals surface area contributed by atoms with E-state index in [1.165, 1.54) is 11.3 Å². The number of thiazole rings is 1. The first-order chi connectivity index (χ1) is 15.1. The number of hydrogen-bond donors (Lipinski definition) is 1. The van der Waals surface area contributed by atoms with Crippen LogP contribution in [0.1, 0.15) is 13.3 Å². The Bertz CT molecular complexity index is 1180. The third-order valence-corrected chi connectivity index (χ3v) is 5.88. The van der Waals surface area contributed by atoms with Crippen LogP contribution in [-0.4, -0.2) is 38.6 Å². The number of aromatic nitrogens is 5. The summed E-state index contributed by atoms with van der Waals surface area (Å²) in [4.78, 5) is 23.2. The van der Waals surface area contributed by atoms with Crippen molar-refractivity contribution >= 4 is 39.7 Å². The fourth-order valence-corrected chi connectivity index (χ4v) is 4.31. The number of rotatable bonds is 7. The second-order valence-electron chi connectivity index (χ2n) is 6.48. The first-order valence-electron chi connectivity index (χ1n) is 9.48. The molecule has 0 amide bonds. The number of nitrogens with one attached hydrogen (secondary N) is 1. The first kappa shape index (κ1) is 21.4. The summed E-state index contributed by atoms with van der Waals surface area (Å²) < 4.78 is 5.25. The largest absolute Gasteiger partial charge is 0.497 e. The molecule has 4 rings (SSSR count). The average Bonchev–Trinajstić information content (AvgIpc) is 3.26. The molecule has 10 heteroatoms. The van der Waals surface area contributed by atoms with E-state index in [0.717, 1.165) is 23.0 Å². The molecule has 0 unspecified atom stereocenters. The van der Waals surface area contributed by atoms with Gasteiger partial charge in [0.25, 0.3) is 0 Å². The predicted octanol–water partition coefficient (Wildman–Crippen LogP) is 5.86. The summed E-state index contributed by atoms with van der Waals surface area (Å²) >= 11 is 14.6. The van der Waals surface area contributed by atoms with Gasteiger partial charge in [-0.05, 0) is 24.6 Å². The standard InChI is InChI=1S/C21H18Cl2N6OS/c1-3-4-26-21-27-11-18(31-21)15-9-16(19-13(22)7-12(30-2)8-14(19)23)29-20(28-15)17-10-24-5-6-25-17/h5-11H,3-4H2,1-2H3,(H,26,27). The highest BCUT2D eigenvalue weighted by molar-refractivity contribution is 7.18. The first-order valence-corrected chi connectivity index (χ1v) is 11.0. The average molecular weight is 473 g/mol. The molecule has 3 aromatic heterocycles. The summed E-state index contributed by atoms with van der Waals surface area (Å²) in [5, 5.41) is 4.97. The van der Waals surface area contributed by atoms with Crippen molar-refractivity contribution < 1.29 is 4.74 Å². The van der Waals surface area contributed by atoms with Gasteiger partial charge in [-0.25, -0.2) is 19.9 Å². The maximum absolute atomic E-state index is 6.53. The molecular weight excluding hydrogens is 455 g/mol. The Hall–Kier alpha value is -2.81. The number of methoxy groups -OCH3 is 1. The van der Waals surface area contributed by atoms with Crippen LogP contribution in [0.4, 0.5) is 5.13 Å². The van der Waals surface area contributed by atoms with E-state index in [0.29, 0.717) is 44.3 Å². The maximum Gasteiger partial charge on any atom is 0.183 e. The summed E-state index contributed by atoms with van der Waals surface area (Å²) in [6.07, 6.45) is 7.60. The molecule has 0 fully saturated rings. The van der Waals surface area contributed by atoms with Crippen molar-refractivity contribution in [3.8, 4) is 39.1 Å². The number of benzene rings is 1. The van der Waals surface area contributed by atoms with Crippen LogP contribution in [-0.2, 0) is 0 Å². The van der Waals surface area contributed by atoms with E-state index < -0.39 is 0 Å². The third-order valence-electron chi connectivity index (χ3n) is 4.31. The number of halogens is 2. The van der Waals surface area contributed by atoms with Gasteiger partial charge in [0, 0.05) is 30.7 Å². The number of anilines is 1. The van der Waals surface area contributed by atoms with Crippen molar-refractivity contribution in [3.63, 3.8) is 0 Å². The van der Waals surface area contributed by atoms with Crippen LogP contribution in [0.2, 0.25) is 10.0 Å². The van der Waals surface area contributed by atoms with Gasteiger partial charge in [-0.1, -0.05) is 41.5 Å². The minimum Gasteiger partial charge on any atom is -0.497 e. The van der Waals surface area contributed by atoms with Gasteiger partial charge in [-0.3, -0.25) is 4.98 Å². The summed E-state index contributed by atoms with van der Waals surface area (Å²) in [6.45, 7) is 2.96. The van der Waals surface area contributed by atoms with E-state index in [1.807, 2.05) is 6.07 Å². The van der Waals surface area contributed by atoms with E-state index in [9.17, 15) is 0 Å². The minimum atomic E-state index is 0.417. The van der Waals surface area contributed by atoms with Crippen molar-refractivity contribution in [2.24, 2.45) is 0 Å². The number of nitrogens with zero attached hydrogens (tertiary/aromatic N) is 5. The van der Waals surface area contributed by atoms with Crippen LogP contribution in [0.15, 0.2) is 43.0 Å². The van der Waals surface area contributed by atoms with Gasteiger partial charge in [0.1, 0.15) is 11.4 Å². The lowest BCUT2D eigenvalue weighted by molar-refractivity contribution is 0.415. The van der Waals surface area contributed by atoms with E-state index in [4.69, 9.17) is 32.9 Å². The zero-order valence-corrected chi connectivity index (χ0v) is 19.1. The Kier molecular flexibility index (Phi) is 6.60. The Morgan fingerprint density at radius 1 is 0.968 bits per heavy atom. The number of ether oxygens (including phenoxy) is 1. The van der Waals surface area contributed by atoms with E-state index >= 15 is 0 Å². The molecule has 0 spiro atoms. The lowest BCUT2D eigenvalue weighted by atomic mass is 10.1. The maximum atomic E-state index is 6.53. The van der Waals surface area contributed by atoms with E-state index in [-0.39, 0.29) is 0 Å². The third kappa shape index (κ3) is 4.76. The summed E-state index contributed by atoms with van der Waals surface area (Å²) in [7, 11) is 1.56. The van der Waals surface area contributed by atoms with E-state index in [2.05, 4.69) is 32.2 Å². The molecule has 0 aliphatic heterocycles. The topological polar surface area (TPSA) is 85.7 Å². The molecule has 0 aliphatic carbocycles. The second-order valence-corrected chi connectivity index (χ2v) is 8.32. The molecule has 4 aromatic rings. The van der Waals surface area contributed by atoms with Crippen molar-refractivity contribution in [2.75, 3.05) is 19.0 Å². The fraction of sp³-hybridized carbons (Fsp3) is 0.190. The molecule has 31 heavy (non-hydrogen) atoms. The molecule has 0 bridgehead atoms. The van der Waals surface area contributed by atoms with Crippen LogP contribution in [0.25, 0.3) is 33.3 Å². The molecule has 0 saturated heterocycles. The van der Waals surface area contributed by atoms with Gasteiger partial charge in [0.05, 0.1) is 39.6 Å². The summed E-state index contributed by atoms with van der Waals surface area (Å²) in [5.41, 5.74) is 2.39. The Balaban J connectivity index is 1.86. The molecular formula is C21H18Cl2N6OS. The SMILES string of the molecule is CCCNc1ncc(-c2cc(-c3c(Cl)cc(OC)cc3Cl)nc(-c3cnccn3)n2)s1. The Morgan fingerprint density at radius 3 is 2.42 bits per heavy atom. The van der Waals surface area contributed by atoms with Gasteiger partial charge >= 0.3 is 0 Å². The Morgan fingerprint density at radius 2 is 1.74 bits per heavy atom. The Labute approximate surface area is 193 Å². The van der Waals surface area contributed by atoms with Crippen molar-refractivity contribution in [1.82, 2.24) is 24.9 Å². The zero-order chi connectivity index (χ0) is 21.8. The molecule has 7 nitrogen and oxygen atoms in total. The van der Waals surface area contributed by atoms with Crippen molar-refractivity contribution in [2.45, 2.75) is 13.3 Å². The molecule has 0 saturated carbocycles. The van der Waals surface area contributed by atoms with Gasteiger partial charge in [-0.2, -0.15) is 0 Å². The molecule has 1 aromatic carbocycles. The van der Waals surface area contributed by atoms with Crippen LogP contribution in [0, 0.1) is 0 Å². The van der Waals surface area contributed by atoms with Gasteiger partial charge in [-0.15, -0.1) is 0 Å². The highest BCUT2D eigenvalue weighted by Crippen LogP contribution is 2.39. The smallest absolute Gasteiger partial charge is 0.183 e. The minimum absolute atomic E-state index is 0.417. The van der Waals surface area contributed by atoms with Gasteiger partial charge in [0.2, 0.25) is 0 Å².